The molecule has 0 bridgehead atoms. The second-order valence-electron chi connectivity index (χ2n) is 4.33. The van der Waals surface area contributed by atoms with E-state index in [1.165, 1.54) is 12.1 Å². The molecule has 4 nitrogen and oxygen atoms in total. The Bertz CT molecular complexity index is 584. The van der Waals surface area contributed by atoms with Gasteiger partial charge in [-0.1, -0.05) is 18.2 Å². The molecule has 1 aromatic carbocycles. The maximum Gasteiger partial charge on any atom is 0.257 e. The average molecular weight is 273 g/mol. The molecule has 0 aliphatic carbocycles. The van der Waals surface area contributed by atoms with Crippen LogP contribution in [0.15, 0.2) is 42.6 Å². The molecule has 0 spiro atoms. The Hall–Kier alpha value is -2.27. The van der Waals surface area contributed by atoms with Gasteiger partial charge in [-0.25, -0.2) is 9.37 Å². The number of carbonyl (C=O) groups is 1. The summed E-state index contributed by atoms with van der Waals surface area (Å²) in [4.78, 5) is 16.0. The fraction of sp³-hybridized carbons (Fsp3) is 0.200. The van der Waals surface area contributed by atoms with E-state index >= 15 is 0 Å². The second kappa shape index (κ2) is 6.77. The molecule has 2 N–H and O–H groups in total. The van der Waals surface area contributed by atoms with Crippen molar-refractivity contribution in [2.75, 3.05) is 18.9 Å². The molecule has 0 fully saturated rings. The van der Waals surface area contributed by atoms with Crippen molar-refractivity contribution in [3.8, 4) is 0 Å². The number of rotatable bonds is 5. The quantitative estimate of drug-likeness (QED) is 0.878. The zero-order valence-corrected chi connectivity index (χ0v) is 11.2. The highest BCUT2D eigenvalue weighted by Gasteiger charge is 2.11. The summed E-state index contributed by atoms with van der Waals surface area (Å²) in [6.45, 7) is 0.791. The summed E-state index contributed by atoms with van der Waals surface area (Å²) in [5.74, 6) is -0.340. The van der Waals surface area contributed by atoms with Gasteiger partial charge in [0, 0.05) is 5.56 Å². The Morgan fingerprint density at radius 3 is 2.75 bits per heavy atom. The number of carbonyl (C=O) groups excluding carboxylic acids is 1. The largest absolute Gasteiger partial charge is 0.319 e. The maximum absolute atomic E-state index is 12.8. The Labute approximate surface area is 117 Å². The molecular formula is C15H16FN3O. The molecule has 0 radical (unpaired) electrons. The van der Waals surface area contributed by atoms with Crippen molar-refractivity contribution < 1.29 is 9.18 Å². The summed E-state index contributed by atoms with van der Waals surface area (Å²) in [6.07, 6.45) is 1.83. The van der Waals surface area contributed by atoms with E-state index in [0.29, 0.717) is 11.4 Å². The van der Waals surface area contributed by atoms with Crippen molar-refractivity contribution in [1.82, 2.24) is 10.3 Å². The van der Waals surface area contributed by atoms with E-state index in [1.807, 2.05) is 25.2 Å². The summed E-state index contributed by atoms with van der Waals surface area (Å²) >= 11 is 0. The van der Waals surface area contributed by atoms with E-state index in [1.54, 1.807) is 6.07 Å². The summed E-state index contributed by atoms with van der Waals surface area (Å²) in [6, 6.07) is 10.1. The normalized spacial score (nSPS) is 10.3. The van der Waals surface area contributed by atoms with Gasteiger partial charge in [-0.05, 0) is 43.8 Å². The topological polar surface area (TPSA) is 54.0 Å². The molecule has 0 saturated heterocycles. The van der Waals surface area contributed by atoms with E-state index in [4.69, 9.17) is 0 Å². The third kappa shape index (κ3) is 3.61. The molecule has 5 heteroatoms. The summed E-state index contributed by atoms with van der Waals surface area (Å²) < 4.78 is 12.8. The zero-order chi connectivity index (χ0) is 14.4. The number of nitrogens with one attached hydrogen (secondary N) is 2. The Kier molecular flexibility index (Phi) is 4.79. The fourth-order valence-electron chi connectivity index (χ4n) is 1.85. The minimum atomic E-state index is -0.433. The van der Waals surface area contributed by atoms with Crippen molar-refractivity contribution in [3.05, 3.63) is 59.5 Å². The van der Waals surface area contributed by atoms with E-state index in [2.05, 4.69) is 15.6 Å². The number of benzene rings is 1. The molecule has 0 unspecified atom stereocenters. The Morgan fingerprint density at radius 2 is 2.05 bits per heavy atom. The number of amides is 1. The van der Waals surface area contributed by atoms with E-state index in [9.17, 15) is 9.18 Å². The molecule has 0 aliphatic heterocycles. The molecule has 0 aliphatic rings. The predicted octanol–water partition coefficient (Wildman–Crippen LogP) is 2.23. The molecule has 0 atom stereocenters. The molecule has 20 heavy (non-hydrogen) atoms. The van der Waals surface area contributed by atoms with Gasteiger partial charge in [-0.2, -0.15) is 0 Å². The predicted molar refractivity (Wildman–Crippen MR) is 76.2 cm³/mol. The third-order valence-corrected chi connectivity index (χ3v) is 2.88. The van der Waals surface area contributed by atoms with Crippen LogP contribution in [0.1, 0.15) is 15.9 Å². The van der Waals surface area contributed by atoms with Crippen LogP contribution < -0.4 is 10.6 Å². The minimum absolute atomic E-state index is 0.240. The molecule has 0 saturated carbocycles. The van der Waals surface area contributed by atoms with Gasteiger partial charge in [-0.3, -0.25) is 4.79 Å². The fourth-order valence-corrected chi connectivity index (χ4v) is 1.85. The smallest absolute Gasteiger partial charge is 0.257 e. The lowest BCUT2D eigenvalue weighted by Crippen LogP contribution is -2.17. The lowest BCUT2D eigenvalue weighted by atomic mass is 10.0. The molecule has 1 aromatic heterocycles. The van der Waals surface area contributed by atoms with Gasteiger partial charge in [0.1, 0.15) is 11.6 Å². The molecule has 2 aromatic rings. The number of aromatic nitrogens is 1. The van der Waals surface area contributed by atoms with Crippen molar-refractivity contribution >= 4 is 11.7 Å². The van der Waals surface area contributed by atoms with Crippen LogP contribution in [-0.2, 0) is 6.42 Å². The van der Waals surface area contributed by atoms with Crippen molar-refractivity contribution in [3.63, 3.8) is 0 Å². The summed E-state index contributed by atoms with van der Waals surface area (Å²) in [5, 5.41) is 5.72. The number of likely N-dealkylation sites (N-methyl/N-ethyl adjacent to an activating group) is 1. The molecule has 104 valence electrons. The number of anilines is 1. The number of hydrogen-bond donors (Lipinski definition) is 2. The lowest BCUT2D eigenvalue weighted by Gasteiger charge is -2.09. The van der Waals surface area contributed by atoms with Crippen LogP contribution in [0.5, 0.6) is 0 Å². The first-order valence-corrected chi connectivity index (χ1v) is 6.36. The Balaban J connectivity index is 2.14. The molecule has 1 amide bonds. The van der Waals surface area contributed by atoms with Gasteiger partial charge in [0.25, 0.3) is 5.91 Å². The SMILES string of the molecule is CNCCc1ccccc1C(=O)Nc1ccc(F)cn1. The number of nitrogens with zero attached hydrogens (tertiary/aromatic N) is 1. The van der Waals surface area contributed by atoms with E-state index in [0.717, 1.165) is 24.7 Å². The zero-order valence-electron chi connectivity index (χ0n) is 11.2. The van der Waals surface area contributed by atoms with E-state index in [-0.39, 0.29) is 5.91 Å². The first-order valence-electron chi connectivity index (χ1n) is 6.36. The Morgan fingerprint density at radius 1 is 1.25 bits per heavy atom. The maximum atomic E-state index is 12.8. The number of hydrogen-bond acceptors (Lipinski definition) is 3. The summed E-state index contributed by atoms with van der Waals surface area (Å²) in [7, 11) is 1.87. The lowest BCUT2D eigenvalue weighted by molar-refractivity contribution is 0.102. The molecule has 1 heterocycles. The van der Waals surface area contributed by atoms with Crippen molar-refractivity contribution in [1.29, 1.82) is 0 Å². The van der Waals surface area contributed by atoms with Crippen LogP contribution in [-0.4, -0.2) is 24.5 Å². The van der Waals surface area contributed by atoms with Gasteiger partial charge >= 0.3 is 0 Å². The van der Waals surface area contributed by atoms with Gasteiger partial charge < -0.3 is 10.6 Å². The first-order chi connectivity index (χ1) is 9.70. The average Bonchev–Trinajstić information content (AvgIpc) is 2.47. The van der Waals surface area contributed by atoms with Crippen LogP contribution in [0.3, 0.4) is 0 Å². The van der Waals surface area contributed by atoms with Crippen molar-refractivity contribution in [2.45, 2.75) is 6.42 Å². The molecule has 2 rings (SSSR count). The van der Waals surface area contributed by atoms with Gasteiger partial charge in [-0.15, -0.1) is 0 Å². The highest BCUT2D eigenvalue weighted by atomic mass is 19.1. The van der Waals surface area contributed by atoms with Crippen LogP contribution in [0, 0.1) is 5.82 Å². The van der Waals surface area contributed by atoms with Crippen LogP contribution in [0.4, 0.5) is 10.2 Å². The van der Waals surface area contributed by atoms with Gasteiger partial charge in [0.15, 0.2) is 0 Å². The van der Waals surface area contributed by atoms with Gasteiger partial charge in [0.05, 0.1) is 6.20 Å². The number of halogens is 1. The number of pyridine rings is 1. The first kappa shape index (κ1) is 14.1. The standard InChI is InChI=1S/C15H16FN3O/c1-17-9-8-11-4-2-3-5-13(11)15(20)19-14-7-6-12(16)10-18-14/h2-7,10,17H,8-9H2,1H3,(H,18,19,20). The van der Waals surface area contributed by atoms with Crippen molar-refractivity contribution in [2.24, 2.45) is 0 Å². The monoisotopic (exact) mass is 273 g/mol. The van der Waals surface area contributed by atoms with Crippen LogP contribution >= 0.6 is 0 Å². The van der Waals surface area contributed by atoms with Crippen LogP contribution in [0.2, 0.25) is 0 Å². The second-order valence-corrected chi connectivity index (χ2v) is 4.33. The van der Waals surface area contributed by atoms with Crippen LogP contribution in [0.25, 0.3) is 0 Å². The highest BCUT2D eigenvalue weighted by Crippen LogP contribution is 2.12. The van der Waals surface area contributed by atoms with Gasteiger partial charge in [0.2, 0.25) is 0 Å². The van der Waals surface area contributed by atoms with E-state index < -0.39 is 5.82 Å². The highest BCUT2D eigenvalue weighted by molar-refractivity contribution is 6.04. The summed E-state index contributed by atoms with van der Waals surface area (Å²) in [5.41, 5.74) is 1.57. The molecular weight excluding hydrogens is 257 g/mol. The third-order valence-electron chi connectivity index (χ3n) is 2.88. The minimum Gasteiger partial charge on any atom is -0.319 e.